The lowest BCUT2D eigenvalue weighted by Gasteiger charge is -2.08. The molecule has 5 aromatic rings. The van der Waals surface area contributed by atoms with E-state index in [0.29, 0.717) is 0 Å². The SMILES string of the molecule is Cc1ccc(-c2cnc3c(-c4ccnc5c(CO)cccc45)cnn3c2)cc1. The van der Waals surface area contributed by atoms with Gasteiger partial charge in [0, 0.05) is 40.7 Å². The van der Waals surface area contributed by atoms with Crippen LogP contribution in [0.3, 0.4) is 0 Å². The molecule has 0 amide bonds. The summed E-state index contributed by atoms with van der Waals surface area (Å²) in [5, 5.41) is 15.1. The number of fused-ring (bicyclic) bond motifs is 2. The number of aliphatic hydroxyl groups excluding tert-OH is 1. The summed E-state index contributed by atoms with van der Waals surface area (Å²) in [5.41, 5.74) is 7.71. The lowest BCUT2D eigenvalue weighted by Crippen LogP contribution is -1.93. The molecule has 5 rings (SSSR count). The van der Waals surface area contributed by atoms with Gasteiger partial charge in [0.05, 0.1) is 18.3 Å². The number of hydrogen-bond acceptors (Lipinski definition) is 4. The molecule has 0 spiro atoms. The van der Waals surface area contributed by atoms with Gasteiger partial charge in [-0.2, -0.15) is 5.10 Å². The Morgan fingerprint density at radius 1 is 0.893 bits per heavy atom. The van der Waals surface area contributed by atoms with E-state index in [-0.39, 0.29) is 6.61 Å². The maximum atomic E-state index is 9.62. The fourth-order valence-corrected chi connectivity index (χ4v) is 3.56. The van der Waals surface area contributed by atoms with Crippen LogP contribution >= 0.6 is 0 Å². The van der Waals surface area contributed by atoms with Crippen molar-refractivity contribution in [1.82, 2.24) is 19.6 Å². The Labute approximate surface area is 161 Å². The van der Waals surface area contributed by atoms with Crippen LogP contribution in [0.2, 0.25) is 0 Å². The standard InChI is InChI=1S/C23H18N4O/c1-15-5-7-16(8-6-15)18-11-25-23-21(12-26-27(23)13-18)19-9-10-24-22-17(14-28)3-2-4-20(19)22/h2-13,28H,14H2,1H3. The van der Waals surface area contributed by atoms with Crippen LogP contribution in [0.25, 0.3) is 38.8 Å². The second-order valence-electron chi connectivity index (χ2n) is 6.87. The quantitative estimate of drug-likeness (QED) is 0.514. The van der Waals surface area contributed by atoms with Gasteiger partial charge in [0.1, 0.15) is 0 Å². The topological polar surface area (TPSA) is 63.3 Å². The maximum Gasteiger partial charge on any atom is 0.162 e. The first kappa shape index (κ1) is 16.6. The first-order valence-electron chi connectivity index (χ1n) is 9.13. The summed E-state index contributed by atoms with van der Waals surface area (Å²) in [7, 11) is 0. The minimum Gasteiger partial charge on any atom is -0.392 e. The van der Waals surface area contributed by atoms with Crippen molar-refractivity contribution in [2.24, 2.45) is 0 Å². The Morgan fingerprint density at radius 2 is 1.75 bits per heavy atom. The van der Waals surface area contributed by atoms with Gasteiger partial charge < -0.3 is 5.11 Å². The molecule has 0 aliphatic rings. The van der Waals surface area contributed by atoms with Gasteiger partial charge in [-0.15, -0.1) is 0 Å². The number of nitrogens with zero attached hydrogens (tertiary/aromatic N) is 4. The van der Waals surface area contributed by atoms with Crippen LogP contribution in [0, 0.1) is 6.92 Å². The number of aliphatic hydroxyl groups is 1. The van der Waals surface area contributed by atoms with E-state index in [2.05, 4.69) is 41.3 Å². The summed E-state index contributed by atoms with van der Waals surface area (Å²) < 4.78 is 1.81. The molecule has 0 radical (unpaired) electrons. The minimum absolute atomic E-state index is 0.0410. The molecule has 0 aliphatic heterocycles. The van der Waals surface area contributed by atoms with Gasteiger partial charge in [-0.1, -0.05) is 48.0 Å². The zero-order valence-corrected chi connectivity index (χ0v) is 15.4. The van der Waals surface area contributed by atoms with Gasteiger partial charge in [-0.3, -0.25) is 4.98 Å². The molecule has 0 fully saturated rings. The van der Waals surface area contributed by atoms with E-state index < -0.39 is 0 Å². The number of para-hydroxylation sites is 1. The van der Waals surface area contributed by atoms with E-state index in [1.165, 1.54) is 5.56 Å². The number of pyridine rings is 1. The molecule has 28 heavy (non-hydrogen) atoms. The van der Waals surface area contributed by atoms with E-state index in [1.54, 1.807) is 6.20 Å². The van der Waals surface area contributed by atoms with E-state index in [1.807, 2.05) is 47.4 Å². The fraction of sp³-hybridized carbons (Fsp3) is 0.0870. The Kier molecular flexibility index (Phi) is 3.88. The molecule has 5 heteroatoms. The summed E-state index contributed by atoms with van der Waals surface area (Å²) >= 11 is 0. The molecule has 5 nitrogen and oxygen atoms in total. The van der Waals surface area contributed by atoms with Crippen molar-refractivity contribution in [3.63, 3.8) is 0 Å². The van der Waals surface area contributed by atoms with Crippen molar-refractivity contribution in [2.45, 2.75) is 13.5 Å². The van der Waals surface area contributed by atoms with Crippen LogP contribution in [0.5, 0.6) is 0 Å². The smallest absolute Gasteiger partial charge is 0.162 e. The third-order valence-corrected chi connectivity index (χ3v) is 5.06. The van der Waals surface area contributed by atoms with Gasteiger partial charge in [-0.25, -0.2) is 9.50 Å². The molecule has 3 heterocycles. The minimum atomic E-state index is -0.0410. The zero-order chi connectivity index (χ0) is 19.1. The highest BCUT2D eigenvalue weighted by Crippen LogP contribution is 2.31. The van der Waals surface area contributed by atoms with E-state index in [0.717, 1.165) is 44.4 Å². The summed E-state index contributed by atoms with van der Waals surface area (Å²) in [5.74, 6) is 0. The van der Waals surface area contributed by atoms with Crippen molar-refractivity contribution in [1.29, 1.82) is 0 Å². The highest BCUT2D eigenvalue weighted by molar-refractivity contribution is 5.98. The van der Waals surface area contributed by atoms with Crippen molar-refractivity contribution in [2.75, 3.05) is 0 Å². The van der Waals surface area contributed by atoms with Crippen molar-refractivity contribution in [3.8, 4) is 22.3 Å². The predicted molar refractivity (Wildman–Crippen MR) is 110 cm³/mol. The summed E-state index contributed by atoms with van der Waals surface area (Å²) in [4.78, 5) is 9.15. The largest absolute Gasteiger partial charge is 0.392 e. The summed E-state index contributed by atoms with van der Waals surface area (Å²) in [6.45, 7) is 2.03. The number of aryl methyl sites for hydroxylation is 1. The van der Waals surface area contributed by atoms with Crippen LogP contribution in [-0.4, -0.2) is 24.7 Å². The lowest BCUT2D eigenvalue weighted by atomic mass is 10.0. The molecule has 0 saturated carbocycles. The van der Waals surface area contributed by atoms with Crippen LogP contribution in [-0.2, 0) is 6.61 Å². The van der Waals surface area contributed by atoms with Gasteiger partial charge >= 0.3 is 0 Å². The molecule has 1 N–H and O–H groups in total. The molecule has 0 saturated heterocycles. The van der Waals surface area contributed by atoms with Gasteiger partial charge in [0.25, 0.3) is 0 Å². The summed E-state index contributed by atoms with van der Waals surface area (Å²) in [6.07, 6.45) is 7.48. The van der Waals surface area contributed by atoms with Gasteiger partial charge in [0.15, 0.2) is 5.65 Å². The maximum absolute atomic E-state index is 9.62. The average molecular weight is 366 g/mol. The number of benzene rings is 2. The van der Waals surface area contributed by atoms with Crippen LogP contribution in [0.15, 0.2) is 73.3 Å². The Hall–Kier alpha value is -3.57. The fourth-order valence-electron chi connectivity index (χ4n) is 3.56. The van der Waals surface area contributed by atoms with Crippen molar-refractivity contribution in [3.05, 3.63) is 84.4 Å². The average Bonchev–Trinajstić information content (AvgIpc) is 3.16. The second kappa shape index (κ2) is 6.55. The van der Waals surface area contributed by atoms with Crippen molar-refractivity contribution < 1.29 is 5.11 Å². The highest BCUT2D eigenvalue weighted by Gasteiger charge is 2.13. The molecule has 0 unspecified atom stereocenters. The second-order valence-corrected chi connectivity index (χ2v) is 6.87. The number of rotatable bonds is 3. The first-order chi connectivity index (χ1) is 13.7. The monoisotopic (exact) mass is 366 g/mol. The number of aromatic nitrogens is 4. The molecular formula is C23H18N4O. The molecule has 0 aliphatic carbocycles. The third kappa shape index (κ3) is 2.64. The molecule has 0 bridgehead atoms. The number of hydrogen-bond donors (Lipinski definition) is 1. The van der Waals surface area contributed by atoms with Gasteiger partial charge in [-0.05, 0) is 24.1 Å². The zero-order valence-electron chi connectivity index (χ0n) is 15.4. The van der Waals surface area contributed by atoms with Gasteiger partial charge in [0.2, 0.25) is 0 Å². The molecular weight excluding hydrogens is 348 g/mol. The molecule has 0 atom stereocenters. The third-order valence-electron chi connectivity index (χ3n) is 5.06. The summed E-state index contributed by atoms with van der Waals surface area (Å²) in [6, 6.07) is 16.2. The molecule has 3 aromatic heterocycles. The Balaban J connectivity index is 1.67. The Morgan fingerprint density at radius 3 is 2.57 bits per heavy atom. The van der Waals surface area contributed by atoms with E-state index in [9.17, 15) is 5.11 Å². The normalized spacial score (nSPS) is 11.4. The first-order valence-corrected chi connectivity index (χ1v) is 9.13. The van der Waals surface area contributed by atoms with Crippen LogP contribution < -0.4 is 0 Å². The van der Waals surface area contributed by atoms with Crippen molar-refractivity contribution >= 4 is 16.6 Å². The Bertz CT molecular complexity index is 1310. The van der Waals surface area contributed by atoms with E-state index in [4.69, 9.17) is 4.98 Å². The molecule has 2 aromatic carbocycles. The van der Waals surface area contributed by atoms with Crippen LogP contribution in [0.4, 0.5) is 0 Å². The highest BCUT2D eigenvalue weighted by atomic mass is 16.3. The van der Waals surface area contributed by atoms with E-state index >= 15 is 0 Å². The lowest BCUT2D eigenvalue weighted by molar-refractivity contribution is 0.283. The predicted octanol–water partition coefficient (Wildman–Crippen LogP) is 4.41. The van der Waals surface area contributed by atoms with Crippen LogP contribution in [0.1, 0.15) is 11.1 Å². The molecule has 136 valence electrons.